The van der Waals surface area contributed by atoms with Crippen molar-refractivity contribution in [3.8, 4) is 45.8 Å². The lowest BCUT2D eigenvalue weighted by molar-refractivity contribution is 0.340. The lowest BCUT2D eigenvalue weighted by atomic mass is 10.1. The van der Waals surface area contributed by atoms with E-state index in [1.54, 1.807) is 0 Å². The first-order valence-electron chi connectivity index (χ1n) is 7.43. The van der Waals surface area contributed by atoms with Crippen LogP contribution in [-0.4, -0.2) is 36.6 Å². The molecule has 0 saturated carbocycles. The highest BCUT2D eigenvalue weighted by atomic mass is 16.5. The fourth-order valence-corrected chi connectivity index (χ4v) is 2.60. The van der Waals surface area contributed by atoms with Crippen molar-refractivity contribution >= 4 is 11.0 Å². The van der Waals surface area contributed by atoms with Crippen LogP contribution in [0.1, 0.15) is 0 Å². The quantitative estimate of drug-likeness (QED) is 0.608. The molecule has 1 heterocycles. The Balaban J connectivity index is 2.31. The summed E-state index contributed by atoms with van der Waals surface area (Å²) in [5.74, 6) is -0.997. The van der Waals surface area contributed by atoms with Crippen LogP contribution in [-0.2, 0) is 0 Å². The number of benzene rings is 2. The molecule has 0 spiro atoms. The first-order valence-corrected chi connectivity index (χ1v) is 7.43. The van der Waals surface area contributed by atoms with Crippen LogP contribution in [0.4, 0.5) is 0 Å². The summed E-state index contributed by atoms with van der Waals surface area (Å²) in [6.07, 6.45) is 0. The summed E-state index contributed by atoms with van der Waals surface area (Å²) in [5.41, 5.74) is -0.143. The Labute approximate surface area is 147 Å². The van der Waals surface area contributed by atoms with E-state index in [0.29, 0.717) is 5.56 Å². The van der Waals surface area contributed by atoms with Gasteiger partial charge in [0.2, 0.25) is 11.5 Å². The molecule has 3 rings (SSSR count). The predicted molar refractivity (Wildman–Crippen MR) is 92.6 cm³/mol. The normalized spacial score (nSPS) is 10.7. The lowest BCUT2D eigenvalue weighted by Crippen LogP contribution is -2.02. The number of hydrogen-bond donors (Lipinski definition) is 3. The third kappa shape index (κ3) is 2.61. The number of phenolic OH excluding ortho intramolecular Hbond substituents is 3. The minimum absolute atomic E-state index is 0.0191. The molecule has 0 unspecified atom stereocenters. The first kappa shape index (κ1) is 17.3. The van der Waals surface area contributed by atoms with Crippen LogP contribution in [0.2, 0.25) is 0 Å². The molecule has 0 fully saturated rings. The summed E-state index contributed by atoms with van der Waals surface area (Å²) in [5, 5.41) is 29.7. The zero-order valence-electron chi connectivity index (χ0n) is 14.2. The molecule has 1 aromatic heterocycles. The molecule has 0 amide bonds. The van der Waals surface area contributed by atoms with Crippen molar-refractivity contribution in [2.75, 3.05) is 21.3 Å². The number of methoxy groups -OCH3 is 3. The van der Waals surface area contributed by atoms with Crippen molar-refractivity contribution < 1.29 is 33.9 Å². The molecule has 8 heteroatoms. The second-order valence-corrected chi connectivity index (χ2v) is 5.35. The minimum atomic E-state index is -0.625. The van der Waals surface area contributed by atoms with Crippen LogP contribution in [0.5, 0.6) is 34.5 Å². The van der Waals surface area contributed by atoms with Crippen molar-refractivity contribution in [2.45, 2.75) is 0 Å². The summed E-state index contributed by atoms with van der Waals surface area (Å²) < 4.78 is 20.9. The van der Waals surface area contributed by atoms with Gasteiger partial charge in [0.1, 0.15) is 16.7 Å². The molecule has 2 aromatic carbocycles. The molecule has 0 aliphatic carbocycles. The van der Waals surface area contributed by atoms with E-state index in [9.17, 15) is 20.1 Å². The van der Waals surface area contributed by atoms with Gasteiger partial charge in [-0.25, -0.2) is 0 Å². The smallest absolute Gasteiger partial charge is 0.201 e. The van der Waals surface area contributed by atoms with Gasteiger partial charge < -0.3 is 33.9 Å². The Morgan fingerprint density at radius 2 is 1.31 bits per heavy atom. The Bertz CT molecular complexity index is 1030. The van der Waals surface area contributed by atoms with E-state index in [4.69, 9.17) is 18.6 Å². The Kier molecular flexibility index (Phi) is 4.25. The molecule has 136 valence electrons. The summed E-state index contributed by atoms with van der Waals surface area (Å²) in [7, 11) is 4.05. The van der Waals surface area contributed by atoms with E-state index in [-0.39, 0.29) is 39.7 Å². The maximum absolute atomic E-state index is 12.4. The van der Waals surface area contributed by atoms with Gasteiger partial charge in [0, 0.05) is 17.7 Å². The molecule has 0 aliphatic rings. The van der Waals surface area contributed by atoms with E-state index >= 15 is 0 Å². The number of fused-ring (bicyclic) bond motifs is 1. The van der Waals surface area contributed by atoms with E-state index in [1.165, 1.54) is 39.5 Å². The highest BCUT2D eigenvalue weighted by Gasteiger charge is 2.19. The molecular formula is C18H16O8. The van der Waals surface area contributed by atoms with Gasteiger partial charge in [-0.15, -0.1) is 0 Å². The average molecular weight is 360 g/mol. The fraction of sp³-hybridized carbons (Fsp3) is 0.167. The molecule has 3 aromatic rings. The highest BCUT2D eigenvalue weighted by molar-refractivity contribution is 5.89. The van der Waals surface area contributed by atoms with E-state index in [1.807, 2.05) is 0 Å². The van der Waals surface area contributed by atoms with Gasteiger partial charge in [0.25, 0.3) is 0 Å². The van der Waals surface area contributed by atoms with Crippen LogP contribution in [0, 0.1) is 0 Å². The van der Waals surface area contributed by atoms with Crippen molar-refractivity contribution in [2.24, 2.45) is 0 Å². The standard InChI is InChI=1S/C18H16O8/c1-23-12-4-8(5-13(24-2)16(12)20)10-6-9(19)15-11(26-10)7-14(25-3)17(21)18(15)22/h4-7,20-22H,1-3H3. The third-order valence-corrected chi connectivity index (χ3v) is 3.92. The highest BCUT2D eigenvalue weighted by Crippen LogP contribution is 2.43. The van der Waals surface area contributed by atoms with Crippen LogP contribution >= 0.6 is 0 Å². The van der Waals surface area contributed by atoms with Crippen LogP contribution in [0.3, 0.4) is 0 Å². The van der Waals surface area contributed by atoms with Crippen LogP contribution in [0.25, 0.3) is 22.3 Å². The van der Waals surface area contributed by atoms with Gasteiger partial charge in [-0.05, 0) is 12.1 Å². The van der Waals surface area contributed by atoms with Crippen molar-refractivity contribution in [3.63, 3.8) is 0 Å². The van der Waals surface area contributed by atoms with Gasteiger partial charge in [-0.1, -0.05) is 0 Å². The minimum Gasteiger partial charge on any atom is -0.504 e. The third-order valence-electron chi connectivity index (χ3n) is 3.92. The maximum atomic E-state index is 12.4. The molecular weight excluding hydrogens is 344 g/mol. The summed E-state index contributed by atoms with van der Waals surface area (Å²) >= 11 is 0. The van der Waals surface area contributed by atoms with Crippen molar-refractivity contribution in [1.29, 1.82) is 0 Å². The van der Waals surface area contributed by atoms with E-state index in [2.05, 4.69) is 0 Å². The fourth-order valence-electron chi connectivity index (χ4n) is 2.60. The molecule has 3 N–H and O–H groups in total. The number of phenols is 3. The lowest BCUT2D eigenvalue weighted by Gasteiger charge is -2.12. The maximum Gasteiger partial charge on any atom is 0.201 e. The van der Waals surface area contributed by atoms with Gasteiger partial charge in [0.15, 0.2) is 28.4 Å². The topological polar surface area (TPSA) is 119 Å². The summed E-state index contributed by atoms with van der Waals surface area (Å²) in [4.78, 5) is 12.4. The molecule has 0 saturated heterocycles. The summed E-state index contributed by atoms with van der Waals surface area (Å²) in [6, 6.07) is 5.39. The van der Waals surface area contributed by atoms with Gasteiger partial charge in [0.05, 0.1) is 21.3 Å². The first-order chi connectivity index (χ1) is 12.4. The van der Waals surface area contributed by atoms with Crippen LogP contribution < -0.4 is 19.6 Å². The SMILES string of the molecule is COc1cc(-c2cc(=O)c3c(O)c(O)c(OC)cc3o2)cc(OC)c1O. The zero-order valence-corrected chi connectivity index (χ0v) is 14.2. The van der Waals surface area contributed by atoms with Gasteiger partial charge in [-0.2, -0.15) is 0 Å². The second kappa shape index (κ2) is 6.40. The monoisotopic (exact) mass is 360 g/mol. The molecule has 0 bridgehead atoms. The van der Waals surface area contributed by atoms with Crippen molar-refractivity contribution in [1.82, 2.24) is 0 Å². The molecule has 0 radical (unpaired) electrons. The van der Waals surface area contributed by atoms with E-state index in [0.717, 1.165) is 6.07 Å². The summed E-state index contributed by atoms with van der Waals surface area (Å²) in [6.45, 7) is 0. The molecule has 0 aliphatic heterocycles. The van der Waals surface area contributed by atoms with Crippen molar-refractivity contribution in [3.05, 3.63) is 34.5 Å². The van der Waals surface area contributed by atoms with Gasteiger partial charge in [-0.3, -0.25) is 4.79 Å². The zero-order chi connectivity index (χ0) is 19.0. The van der Waals surface area contributed by atoms with Crippen LogP contribution in [0.15, 0.2) is 33.5 Å². The number of hydrogen-bond acceptors (Lipinski definition) is 8. The Morgan fingerprint density at radius 3 is 1.85 bits per heavy atom. The van der Waals surface area contributed by atoms with Gasteiger partial charge >= 0.3 is 0 Å². The Morgan fingerprint density at radius 1 is 0.769 bits per heavy atom. The number of ether oxygens (including phenoxy) is 3. The molecule has 0 atom stereocenters. The predicted octanol–water partition coefficient (Wildman–Crippen LogP) is 2.60. The number of aromatic hydroxyl groups is 3. The number of rotatable bonds is 4. The Hall–Kier alpha value is -3.55. The average Bonchev–Trinajstić information content (AvgIpc) is 2.64. The van der Waals surface area contributed by atoms with E-state index < -0.39 is 16.9 Å². The molecule has 8 nitrogen and oxygen atoms in total. The second-order valence-electron chi connectivity index (χ2n) is 5.35. The largest absolute Gasteiger partial charge is 0.504 e. The molecule has 26 heavy (non-hydrogen) atoms.